The molecule has 0 aliphatic rings. The van der Waals surface area contributed by atoms with Gasteiger partial charge in [0.05, 0.1) is 12.3 Å². The zero-order chi connectivity index (χ0) is 15.2. The monoisotopic (exact) mass is 367 g/mol. The largest absolute Gasteiger partial charge is 0.494 e. The van der Waals surface area contributed by atoms with Crippen molar-refractivity contribution in [3.05, 3.63) is 57.0 Å². The Kier molecular flexibility index (Phi) is 5.95. The summed E-state index contributed by atoms with van der Waals surface area (Å²) in [5.41, 5.74) is 3.22. The summed E-state index contributed by atoms with van der Waals surface area (Å²) in [6, 6.07) is 12.1. The number of hydrogen-bond acceptors (Lipinski definition) is 2. The van der Waals surface area contributed by atoms with Gasteiger partial charge in [0, 0.05) is 16.0 Å². The van der Waals surface area contributed by atoms with E-state index in [1.165, 1.54) is 5.56 Å². The maximum Gasteiger partial charge on any atom is 0.119 e. The highest BCUT2D eigenvalue weighted by atomic mass is 79.9. The highest BCUT2D eigenvalue weighted by molar-refractivity contribution is 9.10. The quantitative estimate of drug-likeness (QED) is 0.694. The molecule has 0 saturated heterocycles. The lowest BCUT2D eigenvalue weighted by atomic mass is 10.2. The van der Waals surface area contributed by atoms with Gasteiger partial charge in [0.1, 0.15) is 5.75 Å². The summed E-state index contributed by atoms with van der Waals surface area (Å²) in [6.45, 7) is 5.56. The molecule has 21 heavy (non-hydrogen) atoms. The maximum absolute atomic E-state index is 6.17. The fraction of sp³-hybridized carbons (Fsp3) is 0.294. The number of nitrogens with one attached hydrogen (secondary N) is 1. The van der Waals surface area contributed by atoms with Crippen molar-refractivity contribution >= 4 is 33.2 Å². The second kappa shape index (κ2) is 7.71. The van der Waals surface area contributed by atoms with Gasteiger partial charge in [-0.3, -0.25) is 0 Å². The zero-order valence-electron chi connectivity index (χ0n) is 12.2. The second-order valence-electron chi connectivity index (χ2n) is 4.93. The molecule has 2 aromatic carbocycles. The summed E-state index contributed by atoms with van der Waals surface area (Å²) >= 11 is 9.73. The van der Waals surface area contributed by atoms with Gasteiger partial charge in [0.15, 0.2) is 0 Å². The van der Waals surface area contributed by atoms with Gasteiger partial charge < -0.3 is 10.1 Å². The predicted octanol–water partition coefficient (Wildman–Crippen LogP) is 5.81. The molecule has 4 heteroatoms. The van der Waals surface area contributed by atoms with Crippen molar-refractivity contribution in [3.8, 4) is 5.75 Å². The molecule has 0 atom stereocenters. The predicted molar refractivity (Wildman–Crippen MR) is 93.4 cm³/mol. The average Bonchev–Trinajstić information content (AvgIpc) is 2.48. The van der Waals surface area contributed by atoms with E-state index in [2.05, 4.69) is 40.3 Å². The number of anilines is 1. The fourth-order valence-corrected chi connectivity index (χ4v) is 2.71. The Balaban J connectivity index is 2.04. The number of ether oxygens (including phenoxy) is 1. The van der Waals surface area contributed by atoms with Gasteiger partial charge in [-0.2, -0.15) is 0 Å². The minimum atomic E-state index is 0.724. The van der Waals surface area contributed by atoms with Crippen LogP contribution in [0.15, 0.2) is 40.9 Å². The lowest BCUT2D eigenvalue weighted by Crippen LogP contribution is -2.01. The van der Waals surface area contributed by atoms with E-state index < -0.39 is 0 Å². The summed E-state index contributed by atoms with van der Waals surface area (Å²) < 4.78 is 6.66. The topological polar surface area (TPSA) is 21.3 Å². The van der Waals surface area contributed by atoms with E-state index in [9.17, 15) is 0 Å². The number of rotatable bonds is 6. The summed E-state index contributed by atoms with van der Waals surface area (Å²) in [7, 11) is 0. The van der Waals surface area contributed by atoms with Gasteiger partial charge in [0.2, 0.25) is 0 Å². The number of benzene rings is 2. The lowest BCUT2D eigenvalue weighted by Gasteiger charge is -2.12. The molecule has 0 bridgehead atoms. The third-order valence-electron chi connectivity index (χ3n) is 3.10. The molecule has 112 valence electrons. The molecular weight excluding hydrogens is 350 g/mol. The van der Waals surface area contributed by atoms with E-state index in [0.29, 0.717) is 0 Å². The van der Waals surface area contributed by atoms with Crippen molar-refractivity contribution in [3.63, 3.8) is 0 Å². The van der Waals surface area contributed by atoms with Crippen molar-refractivity contribution < 1.29 is 4.74 Å². The highest BCUT2D eigenvalue weighted by Crippen LogP contribution is 2.29. The van der Waals surface area contributed by atoms with Crippen molar-refractivity contribution in [2.24, 2.45) is 0 Å². The van der Waals surface area contributed by atoms with E-state index in [1.807, 2.05) is 31.2 Å². The van der Waals surface area contributed by atoms with Gasteiger partial charge in [-0.05, 0) is 64.7 Å². The van der Waals surface area contributed by atoms with Crippen molar-refractivity contribution in [2.45, 2.75) is 26.8 Å². The van der Waals surface area contributed by atoms with Gasteiger partial charge in [-0.1, -0.05) is 30.7 Å². The molecule has 2 aromatic rings. The molecule has 0 amide bonds. The second-order valence-corrected chi connectivity index (χ2v) is 6.19. The van der Waals surface area contributed by atoms with E-state index in [0.717, 1.165) is 46.1 Å². The molecule has 0 aliphatic heterocycles. The van der Waals surface area contributed by atoms with Crippen LogP contribution < -0.4 is 10.1 Å². The molecule has 0 saturated carbocycles. The van der Waals surface area contributed by atoms with Gasteiger partial charge in [0.25, 0.3) is 0 Å². The Morgan fingerprint density at radius 1 is 1.24 bits per heavy atom. The van der Waals surface area contributed by atoms with Crippen molar-refractivity contribution in [1.29, 1.82) is 0 Å². The summed E-state index contributed by atoms with van der Waals surface area (Å²) in [6.07, 6.45) is 1.01. The molecule has 0 unspecified atom stereocenters. The third-order valence-corrected chi connectivity index (χ3v) is 4.17. The minimum Gasteiger partial charge on any atom is -0.494 e. The van der Waals surface area contributed by atoms with Crippen LogP contribution in [-0.2, 0) is 6.54 Å². The van der Waals surface area contributed by atoms with Crippen molar-refractivity contribution in [1.82, 2.24) is 0 Å². The van der Waals surface area contributed by atoms with Crippen LogP contribution >= 0.6 is 27.5 Å². The summed E-state index contributed by atoms with van der Waals surface area (Å²) in [4.78, 5) is 0. The summed E-state index contributed by atoms with van der Waals surface area (Å²) in [5, 5.41) is 4.16. The van der Waals surface area contributed by atoms with E-state index in [-0.39, 0.29) is 0 Å². The van der Waals surface area contributed by atoms with Crippen LogP contribution in [0.25, 0.3) is 0 Å². The molecule has 2 nitrogen and oxygen atoms in total. The normalized spacial score (nSPS) is 10.5. The van der Waals surface area contributed by atoms with Gasteiger partial charge in [-0.15, -0.1) is 0 Å². The standard InChI is InChI=1S/C17H19BrClNO/c1-3-7-21-14-6-4-5-13(9-14)11-20-17-10-16(19)12(2)8-15(17)18/h4-6,8-10,20H,3,7,11H2,1-2H3. The maximum atomic E-state index is 6.17. The van der Waals surface area contributed by atoms with Crippen LogP contribution in [0.5, 0.6) is 5.75 Å². The first kappa shape index (κ1) is 16.2. The Labute approximate surface area is 139 Å². The summed E-state index contributed by atoms with van der Waals surface area (Å²) in [5.74, 6) is 0.914. The fourth-order valence-electron chi connectivity index (χ4n) is 1.94. The molecule has 1 N–H and O–H groups in total. The smallest absolute Gasteiger partial charge is 0.119 e. The van der Waals surface area contributed by atoms with Crippen LogP contribution in [0.4, 0.5) is 5.69 Å². The molecule has 0 spiro atoms. The molecule has 0 aliphatic carbocycles. The Morgan fingerprint density at radius 3 is 2.81 bits per heavy atom. The zero-order valence-corrected chi connectivity index (χ0v) is 14.6. The number of hydrogen-bond donors (Lipinski definition) is 1. The molecule has 0 heterocycles. The van der Waals surface area contributed by atoms with E-state index >= 15 is 0 Å². The van der Waals surface area contributed by atoms with E-state index in [1.54, 1.807) is 0 Å². The molecule has 0 fully saturated rings. The highest BCUT2D eigenvalue weighted by Gasteiger charge is 2.04. The third kappa shape index (κ3) is 4.65. The number of halogens is 2. The van der Waals surface area contributed by atoms with Gasteiger partial charge >= 0.3 is 0 Å². The van der Waals surface area contributed by atoms with Crippen LogP contribution in [0.3, 0.4) is 0 Å². The first-order valence-electron chi connectivity index (χ1n) is 7.01. The molecule has 0 aromatic heterocycles. The Morgan fingerprint density at radius 2 is 2.05 bits per heavy atom. The Bertz CT molecular complexity index is 616. The molecule has 0 radical (unpaired) electrons. The first-order chi connectivity index (χ1) is 10.1. The van der Waals surface area contributed by atoms with Crippen LogP contribution in [0.2, 0.25) is 5.02 Å². The van der Waals surface area contributed by atoms with Crippen LogP contribution in [0.1, 0.15) is 24.5 Å². The van der Waals surface area contributed by atoms with Gasteiger partial charge in [-0.25, -0.2) is 0 Å². The molecule has 2 rings (SSSR count). The van der Waals surface area contributed by atoms with Crippen LogP contribution in [-0.4, -0.2) is 6.61 Å². The van der Waals surface area contributed by atoms with E-state index in [4.69, 9.17) is 16.3 Å². The van der Waals surface area contributed by atoms with Crippen molar-refractivity contribution in [2.75, 3.05) is 11.9 Å². The van der Waals surface area contributed by atoms with Crippen LogP contribution in [0, 0.1) is 6.92 Å². The Hall–Kier alpha value is -1.19. The lowest BCUT2D eigenvalue weighted by molar-refractivity contribution is 0.317. The average molecular weight is 369 g/mol. The minimum absolute atomic E-state index is 0.724. The number of aryl methyl sites for hydroxylation is 1. The first-order valence-corrected chi connectivity index (χ1v) is 8.18. The molecular formula is C17H19BrClNO. The SMILES string of the molecule is CCCOc1cccc(CNc2cc(Cl)c(C)cc2Br)c1.